The molecule has 1 aromatic rings. The molecule has 1 aliphatic carbocycles. The van der Waals surface area contributed by atoms with E-state index in [9.17, 15) is 0 Å². The molecule has 3 rings (SSSR count). The van der Waals surface area contributed by atoms with E-state index in [2.05, 4.69) is 29.7 Å². The summed E-state index contributed by atoms with van der Waals surface area (Å²) in [6, 6.07) is 9.22. The fraction of sp³-hybridized carbons (Fsp3) is 0.625. The van der Waals surface area contributed by atoms with Crippen molar-refractivity contribution in [2.45, 2.75) is 56.6 Å². The lowest BCUT2D eigenvalue weighted by molar-refractivity contribution is 0.0946. The molecule has 0 amide bonds. The molecule has 2 atom stereocenters. The zero-order valence-corrected chi connectivity index (χ0v) is 11.5. The third-order valence-corrected chi connectivity index (χ3v) is 4.64. The minimum absolute atomic E-state index is 0.207. The van der Waals surface area contributed by atoms with Gasteiger partial charge in [0, 0.05) is 12.6 Å². The first kappa shape index (κ1) is 13.1. The zero-order chi connectivity index (χ0) is 13.1. The molecule has 3 heteroatoms. The Hall–Kier alpha value is -0.900. The highest BCUT2D eigenvalue weighted by Gasteiger charge is 2.22. The molecule has 2 unspecified atom stereocenters. The topological polar surface area (TPSA) is 47.3 Å². The van der Waals surface area contributed by atoms with Gasteiger partial charge < -0.3 is 4.74 Å². The van der Waals surface area contributed by atoms with Crippen LogP contribution in [0.4, 0.5) is 0 Å². The van der Waals surface area contributed by atoms with Crippen LogP contribution >= 0.6 is 0 Å². The Bertz CT molecular complexity index is 394. The van der Waals surface area contributed by atoms with Gasteiger partial charge in [0.2, 0.25) is 0 Å². The van der Waals surface area contributed by atoms with Crippen molar-refractivity contribution in [3.63, 3.8) is 0 Å². The first-order valence-electron chi connectivity index (χ1n) is 7.54. The quantitative estimate of drug-likeness (QED) is 0.632. The summed E-state index contributed by atoms with van der Waals surface area (Å²) in [7, 11) is 0. The highest BCUT2D eigenvalue weighted by Crippen LogP contribution is 2.36. The lowest BCUT2D eigenvalue weighted by Gasteiger charge is -2.26. The van der Waals surface area contributed by atoms with Crippen LogP contribution < -0.4 is 11.3 Å². The molecule has 0 bridgehead atoms. The highest BCUT2D eigenvalue weighted by atomic mass is 16.5. The van der Waals surface area contributed by atoms with Crippen molar-refractivity contribution in [2.75, 3.05) is 6.61 Å². The molecule has 0 aromatic heterocycles. The third-order valence-electron chi connectivity index (χ3n) is 4.64. The number of ether oxygens (including phenoxy) is 1. The molecule has 19 heavy (non-hydrogen) atoms. The maximum Gasteiger partial charge on any atom is 0.0594 e. The van der Waals surface area contributed by atoms with Crippen LogP contribution in [0.25, 0.3) is 0 Å². The average molecular weight is 260 g/mol. The molecule has 1 aromatic carbocycles. The Morgan fingerprint density at radius 1 is 1.16 bits per heavy atom. The highest BCUT2D eigenvalue weighted by molar-refractivity contribution is 5.28. The van der Waals surface area contributed by atoms with E-state index >= 15 is 0 Å². The number of hydrogen-bond acceptors (Lipinski definition) is 3. The predicted octanol–water partition coefficient (Wildman–Crippen LogP) is 3.03. The van der Waals surface area contributed by atoms with E-state index in [0.29, 0.717) is 6.10 Å². The summed E-state index contributed by atoms with van der Waals surface area (Å²) in [5.74, 6) is 6.51. The Labute approximate surface area is 115 Å². The van der Waals surface area contributed by atoms with Gasteiger partial charge in [0.1, 0.15) is 0 Å². The Kier molecular flexibility index (Phi) is 4.16. The summed E-state index contributed by atoms with van der Waals surface area (Å²) in [6.07, 6.45) is 7.78. The van der Waals surface area contributed by atoms with Gasteiger partial charge in [-0.15, -0.1) is 0 Å². The number of hydrazine groups is 1. The van der Waals surface area contributed by atoms with Gasteiger partial charge in [0.25, 0.3) is 0 Å². The minimum atomic E-state index is 0.207. The predicted molar refractivity (Wildman–Crippen MR) is 76.7 cm³/mol. The number of hydrogen-bond donors (Lipinski definition) is 2. The summed E-state index contributed by atoms with van der Waals surface area (Å²) in [5, 5.41) is 0. The molecular weight excluding hydrogens is 236 g/mol. The summed E-state index contributed by atoms with van der Waals surface area (Å²) < 4.78 is 5.70. The lowest BCUT2D eigenvalue weighted by Crippen LogP contribution is -2.30. The molecule has 1 heterocycles. The van der Waals surface area contributed by atoms with Crippen LogP contribution in [0, 0.1) is 0 Å². The van der Waals surface area contributed by atoms with Gasteiger partial charge in [-0.2, -0.15) is 0 Å². The van der Waals surface area contributed by atoms with E-state index in [0.717, 1.165) is 18.9 Å². The van der Waals surface area contributed by atoms with Gasteiger partial charge in [-0.25, -0.2) is 0 Å². The molecule has 1 aliphatic heterocycles. The van der Waals surface area contributed by atoms with E-state index in [1.165, 1.54) is 43.2 Å². The number of nitrogens with one attached hydrogen (secondary N) is 1. The van der Waals surface area contributed by atoms with Crippen molar-refractivity contribution in [1.29, 1.82) is 0 Å². The van der Waals surface area contributed by atoms with Gasteiger partial charge in [0.05, 0.1) is 6.10 Å². The van der Waals surface area contributed by atoms with Crippen molar-refractivity contribution >= 4 is 0 Å². The van der Waals surface area contributed by atoms with Crippen LogP contribution in [-0.2, 0) is 4.74 Å². The summed E-state index contributed by atoms with van der Waals surface area (Å²) in [5.41, 5.74) is 5.71. The maximum atomic E-state index is 5.71. The molecule has 2 fully saturated rings. The van der Waals surface area contributed by atoms with E-state index in [-0.39, 0.29) is 6.04 Å². The number of nitrogens with two attached hydrogens (primary N) is 1. The van der Waals surface area contributed by atoms with Crippen LogP contribution in [0.5, 0.6) is 0 Å². The van der Waals surface area contributed by atoms with Crippen molar-refractivity contribution in [3.8, 4) is 0 Å². The minimum Gasteiger partial charge on any atom is -0.378 e. The summed E-state index contributed by atoms with van der Waals surface area (Å²) in [4.78, 5) is 0. The van der Waals surface area contributed by atoms with Gasteiger partial charge in [-0.1, -0.05) is 30.7 Å². The first-order valence-corrected chi connectivity index (χ1v) is 7.54. The third kappa shape index (κ3) is 2.99. The Morgan fingerprint density at radius 3 is 2.47 bits per heavy atom. The van der Waals surface area contributed by atoms with E-state index in [4.69, 9.17) is 10.6 Å². The number of benzene rings is 1. The molecule has 0 radical (unpaired) electrons. The van der Waals surface area contributed by atoms with E-state index in [1.54, 1.807) is 0 Å². The fourth-order valence-corrected chi connectivity index (χ4v) is 3.14. The van der Waals surface area contributed by atoms with Crippen molar-refractivity contribution < 1.29 is 4.74 Å². The summed E-state index contributed by atoms with van der Waals surface area (Å²) in [6.45, 7) is 0.905. The van der Waals surface area contributed by atoms with Gasteiger partial charge in [0.15, 0.2) is 0 Å². The molecule has 1 saturated heterocycles. The Balaban J connectivity index is 1.64. The van der Waals surface area contributed by atoms with Gasteiger partial charge in [-0.05, 0) is 49.1 Å². The molecular formula is C16H24N2O. The normalized spacial score (nSPS) is 25.2. The van der Waals surface area contributed by atoms with Crippen molar-refractivity contribution in [3.05, 3.63) is 35.4 Å². The van der Waals surface area contributed by atoms with Crippen LogP contribution in [0.1, 0.15) is 61.6 Å². The average Bonchev–Trinajstić information content (AvgIpc) is 2.88. The largest absolute Gasteiger partial charge is 0.378 e. The zero-order valence-electron chi connectivity index (χ0n) is 11.5. The van der Waals surface area contributed by atoms with Crippen LogP contribution in [0.2, 0.25) is 0 Å². The second kappa shape index (κ2) is 6.04. The monoisotopic (exact) mass is 260 g/mol. The van der Waals surface area contributed by atoms with Crippen LogP contribution in [0.3, 0.4) is 0 Å². The second-order valence-corrected chi connectivity index (χ2v) is 5.88. The second-order valence-electron chi connectivity index (χ2n) is 5.88. The molecule has 3 nitrogen and oxygen atoms in total. The summed E-state index contributed by atoms with van der Waals surface area (Å²) >= 11 is 0. The SMILES string of the molecule is NNC(CC1CCCO1)c1ccc(C2CCC2)cc1. The smallest absolute Gasteiger partial charge is 0.0594 e. The van der Waals surface area contributed by atoms with E-state index in [1.807, 2.05) is 0 Å². The van der Waals surface area contributed by atoms with Crippen molar-refractivity contribution in [1.82, 2.24) is 5.43 Å². The first-order chi connectivity index (χ1) is 9.36. The molecule has 1 saturated carbocycles. The molecule has 3 N–H and O–H groups in total. The molecule has 0 spiro atoms. The van der Waals surface area contributed by atoms with Crippen LogP contribution in [0.15, 0.2) is 24.3 Å². The van der Waals surface area contributed by atoms with Crippen LogP contribution in [-0.4, -0.2) is 12.7 Å². The van der Waals surface area contributed by atoms with Gasteiger partial charge in [-0.3, -0.25) is 11.3 Å². The van der Waals surface area contributed by atoms with Gasteiger partial charge >= 0.3 is 0 Å². The standard InChI is InChI=1S/C16H24N2O/c17-18-16(11-15-5-2-10-19-15)14-8-6-13(7-9-14)12-3-1-4-12/h6-9,12,15-16,18H,1-5,10-11,17H2. The van der Waals surface area contributed by atoms with Crippen molar-refractivity contribution in [2.24, 2.45) is 5.84 Å². The fourth-order valence-electron chi connectivity index (χ4n) is 3.14. The molecule has 104 valence electrons. The van der Waals surface area contributed by atoms with E-state index < -0.39 is 0 Å². The number of rotatable bonds is 5. The molecule has 2 aliphatic rings. The Morgan fingerprint density at radius 2 is 1.95 bits per heavy atom. The lowest BCUT2D eigenvalue weighted by atomic mass is 9.80. The maximum absolute atomic E-state index is 5.71.